The predicted octanol–water partition coefficient (Wildman–Crippen LogP) is 3.85. The van der Waals surface area contributed by atoms with Gasteiger partial charge in [-0.25, -0.2) is 0 Å². The Kier molecular flexibility index (Phi) is 3.58. The minimum absolute atomic E-state index is 0.129. The van der Waals surface area contributed by atoms with Gasteiger partial charge in [-0.2, -0.15) is 0 Å². The highest BCUT2D eigenvalue weighted by atomic mass is 16.2. The van der Waals surface area contributed by atoms with Crippen LogP contribution in [0.15, 0.2) is 67.3 Å². The average molecular weight is 237 g/mol. The molecule has 0 fully saturated rings. The highest BCUT2D eigenvalue weighted by Crippen LogP contribution is 2.28. The lowest BCUT2D eigenvalue weighted by Crippen LogP contribution is -2.24. The molecule has 0 unspecified atom stereocenters. The largest absolute Gasteiger partial charge is 0.277 e. The van der Waals surface area contributed by atoms with Gasteiger partial charge in [-0.1, -0.05) is 43.0 Å². The number of hydrogen-bond donors (Lipinski definition) is 0. The first-order chi connectivity index (χ1) is 8.74. The van der Waals surface area contributed by atoms with E-state index in [1.807, 2.05) is 61.5 Å². The van der Waals surface area contributed by atoms with Gasteiger partial charge in [0.05, 0.1) is 5.69 Å². The van der Waals surface area contributed by atoms with Crippen LogP contribution in [0.2, 0.25) is 0 Å². The maximum atomic E-state index is 12.1. The van der Waals surface area contributed by atoms with Crippen LogP contribution in [0.25, 0.3) is 0 Å². The Morgan fingerprint density at radius 2 is 1.67 bits per heavy atom. The van der Waals surface area contributed by atoms with Crippen molar-refractivity contribution in [1.82, 2.24) is 0 Å². The van der Waals surface area contributed by atoms with E-state index in [-0.39, 0.29) is 5.91 Å². The average Bonchev–Trinajstić information content (AvgIpc) is 2.42. The molecular formula is C16H15NO. The van der Waals surface area contributed by atoms with Gasteiger partial charge in [0, 0.05) is 5.69 Å². The van der Waals surface area contributed by atoms with Gasteiger partial charge in [0.2, 0.25) is 0 Å². The zero-order valence-electron chi connectivity index (χ0n) is 10.3. The van der Waals surface area contributed by atoms with E-state index in [1.54, 1.807) is 4.90 Å². The van der Waals surface area contributed by atoms with Crippen LogP contribution < -0.4 is 4.90 Å². The van der Waals surface area contributed by atoms with Crippen LogP contribution in [0.1, 0.15) is 5.56 Å². The molecule has 90 valence electrons. The van der Waals surface area contributed by atoms with Crippen LogP contribution in [0.5, 0.6) is 0 Å². The molecule has 0 spiro atoms. The van der Waals surface area contributed by atoms with Gasteiger partial charge in [-0.3, -0.25) is 9.69 Å². The van der Waals surface area contributed by atoms with E-state index in [9.17, 15) is 4.79 Å². The van der Waals surface area contributed by atoms with Crippen molar-refractivity contribution in [2.45, 2.75) is 6.92 Å². The fourth-order valence-corrected chi connectivity index (χ4v) is 1.87. The van der Waals surface area contributed by atoms with E-state index in [0.29, 0.717) is 0 Å². The molecule has 2 rings (SSSR count). The van der Waals surface area contributed by atoms with Gasteiger partial charge in [0.1, 0.15) is 0 Å². The summed E-state index contributed by atoms with van der Waals surface area (Å²) in [6.45, 7) is 5.56. The molecule has 2 heteroatoms. The summed E-state index contributed by atoms with van der Waals surface area (Å²) in [4.78, 5) is 13.7. The summed E-state index contributed by atoms with van der Waals surface area (Å²) < 4.78 is 0. The Labute approximate surface area is 107 Å². The van der Waals surface area contributed by atoms with Crippen molar-refractivity contribution in [3.05, 3.63) is 72.8 Å². The first-order valence-electron chi connectivity index (χ1n) is 5.81. The summed E-state index contributed by atoms with van der Waals surface area (Å²) in [6, 6.07) is 17.4. The Hall–Kier alpha value is -2.35. The molecule has 0 aromatic heterocycles. The molecule has 0 aliphatic carbocycles. The molecular weight excluding hydrogens is 222 g/mol. The molecule has 0 atom stereocenters. The predicted molar refractivity (Wildman–Crippen MR) is 75.0 cm³/mol. The summed E-state index contributed by atoms with van der Waals surface area (Å²) in [6.07, 6.45) is 1.33. The van der Waals surface area contributed by atoms with E-state index < -0.39 is 0 Å². The number of amides is 1. The normalized spacial score (nSPS) is 9.83. The van der Waals surface area contributed by atoms with Gasteiger partial charge in [-0.05, 0) is 36.8 Å². The van der Waals surface area contributed by atoms with E-state index in [0.717, 1.165) is 16.9 Å². The number of hydrogen-bond acceptors (Lipinski definition) is 1. The monoisotopic (exact) mass is 237 g/mol. The summed E-state index contributed by atoms with van der Waals surface area (Å²) in [5, 5.41) is 0. The van der Waals surface area contributed by atoms with Crippen LogP contribution in [-0.2, 0) is 4.79 Å². The zero-order chi connectivity index (χ0) is 13.0. The molecule has 2 aromatic carbocycles. The van der Waals surface area contributed by atoms with Crippen molar-refractivity contribution in [3.8, 4) is 0 Å². The Morgan fingerprint density at radius 1 is 1.06 bits per heavy atom. The third kappa shape index (κ3) is 2.33. The van der Waals surface area contributed by atoms with Crippen molar-refractivity contribution in [3.63, 3.8) is 0 Å². The van der Waals surface area contributed by atoms with Crippen molar-refractivity contribution in [2.75, 3.05) is 4.90 Å². The summed E-state index contributed by atoms with van der Waals surface area (Å²) in [5.41, 5.74) is 2.78. The zero-order valence-corrected chi connectivity index (χ0v) is 10.3. The molecule has 0 heterocycles. The van der Waals surface area contributed by atoms with E-state index in [1.165, 1.54) is 6.08 Å². The fourth-order valence-electron chi connectivity index (χ4n) is 1.87. The first kappa shape index (κ1) is 12.1. The second kappa shape index (κ2) is 5.32. The fraction of sp³-hybridized carbons (Fsp3) is 0.0625. The number of rotatable bonds is 3. The third-order valence-electron chi connectivity index (χ3n) is 2.77. The third-order valence-corrected chi connectivity index (χ3v) is 2.77. The van der Waals surface area contributed by atoms with Crippen LogP contribution >= 0.6 is 0 Å². The lowest BCUT2D eigenvalue weighted by Gasteiger charge is -2.23. The second-order valence-electron chi connectivity index (χ2n) is 4.00. The first-order valence-corrected chi connectivity index (χ1v) is 5.81. The van der Waals surface area contributed by atoms with Crippen LogP contribution in [0, 0.1) is 6.92 Å². The molecule has 0 saturated carbocycles. The summed E-state index contributed by atoms with van der Waals surface area (Å²) >= 11 is 0. The van der Waals surface area contributed by atoms with Crippen LogP contribution in [0.3, 0.4) is 0 Å². The maximum Gasteiger partial charge on any atom is 0.254 e. The number of benzene rings is 2. The minimum atomic E-state index is -0.129. The number of nitrogens with zero attached hydrogens (tertiary/aromatic N) is 1. The van der Waals surface area contributed by atoms with Gasteiger partial charge in [0.15, 0.2) is 0 Å². The van der Waals surface area contributed by atoms with Crippen LogP contribution in [-0.4, -0.2) is 5.91 Å². The standard InChI is InChI=1S/C16H15NO/c1-3-16(18)17(14-10-5-4-6-11-14)15-12-8-7-9-13(15)2/h3-12H,1H2,2H3. The number of aryl methyl sites for hydroxylation is 1. The molecule has 0 aliphatic rings. The van der Waals surface area contributed by atoms with Gasteiger partial charge >= 0.3 is 0 Å². The second-order valence-corrected chi connectivity index (χ2v) is 4.00. The smallest absolute Gasteiger partial charge is 0.254 e. The minimum Gasteiger partial charge on any atom is -0.277 e. The SMILES string of the molecule is C=CC(=O)N(c1ccccc1)c1ccccc1C. The molecule has 2 aromatic rings. The maximum absolute atomic E-state index is 12.1. The van der Waals surface area contributed by atoms with Gasteiger partial charge in [0.25, 0.3) is 5.91 Å². The highest BCUT2D eigenvalue weighted by molar-refractivity contribution is 6.07. The van der Waals surface area contributed by atoms with Crippen LogP contribution in [0.4, 0.5) is 11.4 Å². The summed E-state index contributed by atoms with van der Waals surface area (Å²) in [7, 11) is 0. The topological polar surface area (TPSA) is 20.3 Å². The number of carbonyl (C=O) groups excluding carboxylic acids is 1. The molecule has 2 nitrogen and oxygen atoms in total. The molecule has 18 heavy (non-hydrogen) atoms. The highest BCUT2D eigenvalue weighted by Gasteiger charge is 2.16. The van der Waals surface area contributed by atoms with Crippen molar-refractivity contribution in [2.24, 2.45) is 0 Å². The molecule has 0 saturated heterocycles. The number of carbonyl (C=O) groups is 1. The van der Waals surface area contributed by atoms with Crippen molar-refractivity contribution >= 4 is 17.3 Å². The molecule has 0 radical (unpaired) electrons. The number of anilines is 2. The quantitative estimate of drug-likeness (QED) is 0.742. The van der Waals surface area contributed by atoms with Gasteiger partial charge < -0.3 is 0 Å². The van der Waals surface area contributed by atoms with E-state index in [4.69, 9.17) is 0 Å². The van der Waals surface area contributed by atoms with E-state index >= 15 is 0 Å². The Morgan fingerprint density at radius 3 is 2.28 bits per heavy atom. The lowest BCUT2D eigenvalue weighted by atomic mass is 10.1. The molecule has 0 aliphatic heterocycles. The molecule has 0 bridgehead atoms. The van der Waals surface area contributed by atoms with Gasteiger partial charge in [-0.15, -0.1) is 0 Å². The molecule has 1 amide bonds. The van der Waals surface area contributed by atoms with Crippen molar-refractivity contribution < 1.29 is 4.79 Å². The van der Waals surface area contributed by atoms with E-state index in [2.05, 4.69) is 6.58 Å². The summed E-state index contributed by atoms with van der Waals surface area (Å²) in [5.74, 6) is -0.129. The van der Waals surface area contributed by atoms with Crippen molar-refractivity contribution in [1.29, 1.82) is 0 Å². The lowest BCUT2D eigenvalue weighted by molar-refractivity contribution is -0.113. The number of para-hydroxylation sites is 2. The molecule has 0 N–H and O–H groups in total. The Bertz CT molecular complexity index is 560. The Balaban J connectivity index is 2.54.